The van der Waals surface area contributed by atoms with Gasteiger partial charge in [0.2, 0.25) is 0 Å². The number of aromatic nitrogens is 3. The second-order valence-corrected chi connectivity index (χ2v) is 4.72. The van der Waals surface area contributed by atoms with E-state index in [1.165, 1.54) is 5.69 Å². The van der Waals surface area contributed by atoms with Crippen LogP contribution in [0.3, 0.4) is 0 Å². The van der Waals surface area contributed by atoms with Crippen molar-refractivity contribution >= 4 is 5.65 Å². The maximum Gasteiger partial charge on any atom is 0.155 e. The van der Waals surface area contributed by atoms with Crippen molar-refractivity contribution < 1.29 is 4.74 Å². The van der Waals surface area contributed by atoms with E-state index in [-0.39, 0.29) is 0 Å². The number of rotatable bonds is 2. The largest absolute Gasteiger partial charge is 0.381 e. The van der Waals surface area contributed by atoms with E-state index in [2.05, 4.69) is 29.1 Å². The molecular weight excluding hydrogens is 214 g/mol. The van der Waals surface area contributed by atoms with E-state index in [1.54, 1.807) is 6.33 Å². The predicted octanol–water partition coefficient (Wildman–Crippen LogP) is 2.26. The predicted molar refractivity (Wildman–Crippen MR) is 64.9 cm³/mol. The molecule has 4 nitrogen and oxygen atoms in total. The van der Waals surface area contributed by atoms with Crippen LogP contribution in [0.5, 0.6) is 0 Å². The quantitative estimate of drug-likeness (QED) is 0.796. The highest BCUT2D eigenvalue weighted by atomic mass is 16.5. The Kier molecular flexibility index (Phi) is 2.81. The van der Waals surface area contributed by atoms with E-state index in [0.717, 1.165) is 31.7 Å². The van der Waals surface area contributed by atoms with Gasteiger partial charge in [-0.1, -0.05) is 13.0 Å². The normalized spacial score (nSPS) is 19.6. The average molecular weight is 231 g/mol. The van der Waals surface area contributed by atoms with Gasteiger partial charge in [-0.2, -0.15) is 5.10 Å². The molecule has 0 N–H and O–H groups in total. The highest BCUT2D eigenvalue weighted by Gasteiger charge is 2.23. The zero-order chi connectivity index (χ0) is 11.7. The topological polar surface area (TPSA) is 39.4 Å². The Labute approximate surface area is 101 Å². The molecule has 0 saturated carbocycles. The van der Waals surface area contributed by atoms with Crippen LogP contribution in [-0.4, -0.2) is 27.8 Å². The summed E-state index contributed by atoms with van der Waals surface area (Å²) in [7, 11) is 0. The molecule has 0 bridgehead atoms. The van der Waals surface area contributed by atoms with Gasteiger partial charge in [0.05, 0.1) is 0 Å². The third-order valence-corrected chi connectivity index (χ3v) is 3.77. The average Bonchev–Trinajstić information content (AvgIpc) is 2.87. The molecule has 1 saturated heterocycles. The molecule has 0 aromatic carbocycles. The number of hydrogen-bond acceptors (Lipinski definition) is 3. The van der Waals surface area contributed by atoms with Gasteiger partial charge >= 0.3 is 0 Å². The summed E-state index contributed by atoms with van der Waals surface area (Å²) in [4.78, 5) is 4.23. The van der Waals surface area contributed by atoms with Crippen LogP contribution in [0.15, 0.2) is 24.5 Å². The molecule has 1 atom stereocenters. The second-order valence-electron chi connectivity index (χ2n) is 4.72. The van der Waals surface area contributed by atoms with Crippen molar-refractivity contribution in [2.24, 2.45) is 5.92 Å². The molecule has 4 heteroatoms. The number of ether oxygens (including phenoxy) is 1. The molecule has 2 aromatic rings. The Morgan fingerprint density at radius 2 is 2.18 bits per heavy atom. The number of nitrogens with zero attached hydrogens (tertiary/aromatic N) is 3. The van der Waals surface area contributed by atoms with E-state index in [4.69, 9.17) is 4.74 Å². The lowest BCUT2D eigenvalue weighted by molar-refractivity contribution is 0.0590. The van der Waals surface area contributed by atoms with Crippen molar-refractivity contribution in [1.29, 1.82) is 0 Å². The van der Waals surface area contributed by atoms with Crippen molar-refractivity contribution in [3.63, 3.8) is 0 Å². The summed E-state index contributed by atoms with van der Waals surface area (Å²) in [5.74, 6) is 1.20. The Bertz CT molecular complexity index is 502. The first-order valence-electron chi connectivity index (χ1n) is 6.22. The lowest BCUT2D eigenvalue weighted by atomic mass is 9.85. The summed E-state index contributed by atoms with van der Waals surface area (Å²) in [5, 5.41) is 4.31. The summed E-state index contributed by atoms with van der Waals surface area (Å²) in [6, 6.07) is 6.21. The molecule has 1 aliphatic rings. The molecule has 90 valence electrons. The minimum absolute atomic E-state index is 0.504. The fraction of sp³-hybridized carbons (Fsp3) is 0.538. The van der Waals surface area contributed by atoms with Crippen LogP contribution in [0.4, 0.5) is 0 Å². The molecule has 1 fully saturated rings. The third kappa shape index (κ3) is 1.93. The Balaban J connectivity index is 1.94. The monoisotopic (exact) mass is 231 g/mol. The zero-order valence-corrected chi connectivity index (χ0v) is 10.0. The van der Waals surface area contributed by atoms with Crippen LogP contribution in [0.2, 0.25) is 0 Å². The first-order chi connectivity index (χ1) is 8.36. The van der Waals surface area contributed by atoms with Crippen LogP contribution >= 0.6 is 0 Å². The van der Waals surface area contributed by atoms with Gasteiger partial charge < -0.3 is 4.74 Å². The number of pyridine rings is 1. The molecule has 1 unspecified atom stereocenters. The molecule has 0 spiro atoms. The molecule has 3 rings (SSSR count). The standard InChI is InChI=1S/C13H17N3O/c1-10(11-5-7-17-8-6-11)12-3-2-4-13-14-9-15-16(12)13/h2-4,9-11H,5-8H2,1H3. The number of hydrogen-bond donors (Lipinski definition) is 0. The van der Waals surface area contributed by atoms with Crippen molar-refractivity contribution in [2.75, 3.05) is 13.2 Å². The zero-order valence-electron chi connectivity index (χ0n) is 10.0. The molecule has 0 aliphatic carbocycles. The third-order valence-electron chi connectivity index (χ3n) is 3.77. The Morgan fingerprint density at radius 3 is 3.00 bits per heavy atom. The molecule has 1 aliphatic heterocycles. The highest BCUT2D eigenvalue weighted by Crippen LogP contribution is 2.31. The van der Waals surface area contributed by atoms with Gasteiger partial charge in [-0.05, 0) is 30.9 Å². The Hall–Kier alpha value is -1.42. The first kappa shape index (κ1) is 10.7. The summed E-state index contributed by atoms with van der Waals surface area (Å²) in [6.07, 6.45) is 3.91. The van der Waals surface area contributed by atoms with E-state index >= 15 is 0 Å². The highest BCUT2D eigenvalue weighted by molar-refractivity contribution is 5.38. The van der Waals surface area contributed by atoms with Crippen LogP contribution in [-0.2, 0) is 4.74 Å². The van der Waals surface area contributed by atoms with Gasteiger partial charge in [0, 0.05) is 24.8 Å². The summed E-state index contributed by atoms with van der Waals surface area (Å²) in [6.45, 7) is 4.07. The second kappa shape index (κ2) is 4.45. The SMILES string of the molecule is CC(c1cccc2ncnn12)C1CCOCC1. The van der Waals surface area contributed by atoms with Gasteiger partial charge in [0.1, 0.15) is 6.33 Å². The van der Waals surface area contributed by atoms with Crippen LogP contribution in [0.1, 0.15) is 31.4 Å². The van der Waals surface area contributed by atoms with Crippen molar-refractivity contribution in [2.45, 2.75) is 25.7 Å². The molecule has 2 aromatic heterocycles. The minimum Gasteiger partial charge on any atom is -0.381 e. The van der Waals surface area contributed by atoms with E-state index in [9.17, 15) is 0 Å². The summed E-state index contributed by atoms with van der Waals surface area (Å²) in [5.41, 5.74) is 2.19. The maximum absolute atomic E-state index is 5.42. The van der Waals surface area contributed by atoms with Gasteiger partial charge in [0.25, 0.3) is 0 Å². The number of fused-ring (bicyclic) bond motifs is 1. The van der Waals surface area contributed by atoms with Gasteiger partial charge in [0.15, 0.2) is 5.65 Å². The van der Waals surface area contributed by atoms with E-state index < -0.39 is 0 Å². The fourth-order valence-corrected chi connectivity index (χ4v) is 2.67. The van der Waals surface area contributed by atoms with E-state index in [1.807, 2.05) is 10.6 Å². The van der Waals surface area contributed by atoms with Crippen molar-refractivity contribution in [1.82, 2.24) is 14.6 Å². The minimum atomic E-state index is 0.504. The van der Waals surface area contributed by atoms with E-state index in [0.29, 0.717) is 11.8 Å². The van der Waals surface area contributed by atoms with Crippen LogP contribution in [0.25, 0.3) is 5.65 Å². The molecular formula is C13H17N3O. The fourth-order valence-electron chi connectivity index (χ4n) is 2.67. The van der Waals surface area contributed by atoms with Gasteiger partial charge in [-0.3, -0.25) is 0 Å². The molecule has 3 heterocycles. The van der Waals surface area contributed by atoms with Crippen LogP contribution < -0.4 is 0 Å². The van der Waals surface area contributed by atoms with Gasteiger partial charge in [-0.15, -0.1) is 0 Å². The molecule has 0 radical (unpaired) electrons. The Morgan fingerprint density at radius 1 is 1.35 bits per heavy atom. The van der Waals surface area contributed by atoms with Crippen molar-refractivity contribution in [3.05, 3.63) is 30.2 Å². The first-order valence-corrected chi connectivity index (χ1v) is 6.22. The maximum atomic E-state index is 5.42. The van der Waals surface area contributed by atoms with Crippen LogP contribution in [0, 0.1) is 5.92 Å². The van der Waals surface area contributed by atoms with Crippen molar-refractivity contribution in [3.8, 4) is 0 Å². The summed E-state index contributed by atoms with van der Waals surface area (Å²) >= 11 is 0. The van der Waals surface area contributed by atoms with Gasteiger partial charge in [-0.25, -0.2) is 9.50 Å². The summed E-state index contributed by atoms with van der Waals surface area (Å²) < 4.78 is 7.38. The molecule has 17 heavy (non-hydrogen) atoms. The smallest absolute Gasteiger partial charge is 0.155 e. The lowest BCUT2D eigenvalue weighted by Gasteiger charge is -2.28. The molecule has 0 amide bonds. The lowest BCUT2D eigenvalue weighted by Crippen LogP contribution is -2.22.